The van der Waals surface area contributed by atoms with Crippen LogP contribution in [-0.4, -0.2) is 43.0 Å². The second-order valence-electron chi connectivity index (χ2n) is 6.29. The lowest BCUT2D eigenvalue weighted by atomic mass is 9.98. The van der Waals surface area contributed by atoms with Crippen molar-refractivity contribution in [3.05, 3.63) is 44.1 Å². The number of carbonyl (C=O) groups excluding carboxylic acids is 2. The van der Waals surface area contributed by atoms with Crippen LogP contribution in [0.2, 0.25) is 0 Å². The molecule has 150 valence electrons. The van der Waals surface area contributed by atoms with Gasteiger partial charge in [-0.05, 0) is 71.6 Å². The molecular weight excluding hydrogens is 444 g/mol. The van der Waals surface area contributed by atoms with Crippen molar-refractivity contribution in [3.63, 3.8) is 0 Å². The van der Waals surface area contributed by atoms with E-state index in [1.807, 2.05) is 32.0 Å². The van der Waals surface area contributed by atoms with Gasteiger partial charge in [-0.25, -0.2) is 0 Å². The van der Waals surface area contributed by atoms with Crippen molar-refractivity contribution in [2.24, 2.45) is 0 Å². The summed E-state index contributed by atoms with van der Waals surface area (Å²) in [5.74, 6) is 1.12. The first-order valence-electron chi connectivity index (χ1n) is 9.24. The van der Waals surface area contributed by atoms with E-state index in [2.05, 4.69) is 21.2 Å². The van der Waals surface area contributed by atoms with E-state index >= 15 is 0 Å². The Hall–Kier alpha value is -2.06. The Labute approximate surface area is 176 Å². The van der Waals surface area contributed by atoms with Crippen LogP contribution in [0.5, 0.6) is 11.5 Å². The molecule has 1 aliphatic heterocycles. The van der Waals surface area contributed by atoms with Crippen molar-refractivity contribution < 1.29 is 19.1 Å². The molecule has 1 aromatic carbocycles. The zero-order chi connectivity index (χ0) is 20.1. The number of thiophene rings is 1. The lowest BCUT2D eigenvalue weighted by Crippen LogP contribution is -2.42. The summed E-state index contributed by atoms with van der Waals surface area (Å²) in [6.45, 7) is 6.10. The number of fused-ring (bicyclic) bond motifs is 1. The molecule has 1 aromatic heterocycles. The Balaban J connectivity index is 1.64. The molecule has 0 radical (unpaired) electrons. The predicted octanol–water partition coefficient (Wildman–Crippen LogP) is 3.62. The largest absolute Gasteiger partial charge is 0.490 e. The third kappa shape index (κ3) is 4.86. The highest BCUT2D eigenvalue weighted by atomic mass is 79.9. The first kappa shape index (κ1) is 20.7. The number of hydrogen-bond donors (Lipinski definition) is 1. The van der Waals surface area contributed by atoms with Crippen LogP contribution in [0.1, 0.15) is 34.6 Å². The molecule has 28 heavy (non-hydrogen) atoms. The van der Waals surface area contributed by atoms with Crippen LogP contribution in [0, 0.1) is 0 Å². The molecule has 1 aliphatic rings. The number of rotatable bonds is 7. The molecule has 0 bridgehead atoms. The number of carbonyl (C=O) groups is 2. The average molecular weight is 467 g/mol. The normalized spacial score (nSPS) is 13.0. The van der Waals surface area contributed by atoms with Gasteiger partial charge in [-0.1, -0.05) is 0 Å². The van der Waals surface area contributed by atoms with Crippen LogP contribution >= 0.6 is 27.3 Å². The number of halogens is 1. The van der Waals surface area contributed by atoms with E-state index in [0.717, 1.165) is 21.5 Å². The van der Waals surface area contributed by atoms with E-state index in [1.54, 1.807) is 11.0 Å². The predicted molar refractivity (Wildman–Crippen MR) is 112 cm³/mol. The van der Waals surface area contributed by atoms with Gasteiger partial charge in [0.1, 0.15) is 0 Å². The van der Waals surface area contributed by atoms with Gasteiger partial charge in [-0.2, -0.15) is 0 Å². The second kappa shape index (κ2) is 9.43. The van der Waals surface area contributed by atoms with Crippen molar-refractivity contribution in [1.82, 2.24) is 10.2 Å². The lowest BCUT2D eigenvalue weighted by Gasteiger charge is -2.30. The highest BCUT2D eigenvalue weighted by Gasteiger charge is 2.23. The fourth-order valence-electron chi connectivity index (χ4n) is 3.10. The monoisotopic (exact) mass is 466 g/mol. The summed E-state index contributed by atoms with van der Waals surface area (Å²) in [6.07, 6.45) is 0.749. The number of amides is 2. The van der Waals surface area contributed by atoms with Crippen molar-refractivity contribution >= 4 is 39.1 Å². The summed E-state index contributed by atoms with van der Waals surface area (Å²) in [7, 11) is 0. The minimum Gasteiger partial charge on any atom is -0.490 e. The summed E-state index contributed by atoms with van der Waals surface area (Å²) < 4.78 is 12.3. The van der Waals surface area contributed by atoms with Crippen LogP contribution in [-0.2, 0) is 17.8 Å². The standard InChI is InChI=1S/C20H23BrN2O4S/c1-3-26-15-9-13-7-8-23(12-14(13)10-16(15)27-4-2)19(24)11-22-20(25)17-5-6-18(21)28-17/h5-6,9-10H,3-4,7-8,11-12H2,1-2H3,(H,22,25). The van der Waals surface area contributed by atoms with E-state index in [-0.39, 0.29) is 18.4 Å². The summed E-state index contributed by atoms with van der Waals surface area (Å²) in [4.78, 5) is 27.1. The third-order valence-electron chi connectivity index (χ3n) is 4.43. The first-order valence-corrected chi connectivity index (χ1v) is 10.9. The SMILES string of the molecule is CCOc1cc2c(cc1OCC)CN(C(=O)CNC(=O)c1ccc(Br)s1)CC2. The molecule has 0 unspecified atom stereocenters. The molecule has 0 saturated heterocycles. The Morgan fingerprint density at radius 3 is 2.43 bits per heavy atom. The average Bonchev–Trinajstić information content (AvgIpc) is 3.13. The van der Waals surface area contributed by atoms with Crippen LogP contribution in [0.3, 0.4) is 0 Å². The second-order valence-corrected chi connectivity index (χ2v) is 8.75. The van der Waals surface area contributed by atoms with Crippen LogP contribution in [0.25, 0.3) is 0 Å². The Morgan fingerprint density at radius 2 is 1.82 bits per heavy atom. The van der Waals surface area contributed by atoms with Crippen LogP contribution in [0.15, 0.2) is 28.1 Å². The van der Waals surface area contributed by atoms with Crippen molar-refractivity contribution in [3.8, 4) is 11.5 Å². The lowest BCUT2D eigenvalue weighted by molar-refractivity contribution is -0.131. The van der Waals surface area contributed by atoms with E-state index in [9.17, 15) is 9.59 Å². The minimum atomic E-state index is -0.235. The Morgan fingerprint density at radius 1 is 1.14 bits per heavy atom. The Kier molecular flexibility index (Phi) is 6.96. The van der Waals surface area contributed by atoms with Gasteiger partial charge in [0.25, 0.3) is 5.91 Å². The zero-order valence-corrected chi connectivity index (χ0v) is 18.3. The van der Waals surface area contributed by atoms with Crippen molar-refractivity contribution in [2.45, 2.75) is 26.8 Å². The highest BCUT2D eigenvalue weighted by molar-refractivity contribution is 9.11. The maximum atomic E-state index is 12.6. The zero-order valence-electron chi connectivity index (χ0n) is 15.9. The molecule has 2 amide bonds. The molecule has 0 aliphatic carbocycles. The molecule has 6 nitrogen and oxygen atoms in total. The van der Waals surface area contributed by atoms with Crippen LogP contribution in [0.4, 0.5) is 0 Å². The van der Waals surface area contributed by atoms with E-state index in [1.165, 1.54) is 16.9 Å². The van der Waals surface area contributed by atoms with Gasteiger partial charge in [-0.3, -0.25) is 9.59 Å². The summed E-state index contributed by atoms with van der Waals surface area (Å²) in [5, 5.41) is 2.71. The molecule has 0 saturated carbocycles. The maximum absolute atomic E-state index is 12.6. The van der Waals surface area contributed by atoms with E-state index in [4.69, 9.17) is 9.47 Å². The maximum Gasteiger partial charge on any atom is 0.261 e. The van der Waals surface area contributed by atoms with Gasteiger partial charge in [0.05, 0.1) is 28.4 Å². The van der Waals surface area contributed by atoms with E-state index in [0.29, 0.717) is 36.9 Å². The third-order valence-corrected chi connectivity index (χ3v) is 6.05. The molecule has 2 heterocycles. The van der Waals surface area contributed by atoms with Gasteiger partial charge in [0, 0.05) is 13.1 Å². The van der Waals surface area contributed by atoms with Gasteiger partial charge in [0.15, 0.2) is 11.5 Å². The summed E-state index contributed by atoms with van der Waals surface area (Å²) >= 11 is 4.67. The van der Waals surface area contributed by atoms with Crippen molar-refractivity contribution in [1.29, 1.82) is 0 Å². The molecule has 1 N–H and O–H groups in total. The molecule has 0 atom stereocenters. The van der Waals surface area contributed by atoms with Gasteiger partial charge >= 0.3 is 0 Å². The number of ether oxygens (including phenoxy) is 2. The summed E-state index contributed by atoms with van der Waals surface area (Å²) in [5.41, 5.74) is 2.23. The van der Waals surface area contributed by atoms with Crippen LogP contribution < -0.4 is 14.8 Å². The van der Waals surface area contributed by atoms with Crippen molar-refractivity contribution in [2.75, 3.05) is 26.3 Å². The van der Waals surface area contributed by atoms with Gasteiger partial charge < -0.3 is 19.7 Å². The van der Waals surface area contributed by atoms with E-state index < -0.39 is 0 Å². The molecule has 3 rings (SSSR count). The highest BCUT2D eigenvalue weighted by Crippen LogP contribution is 2.34. The number of nitrogens with one attached hydrogen (secondary N) is 1. The topological polar surface area (TPSA) is 67.9 Å². The Bertz CT molecular complexity index is 868. The molecule has 8 heteroatoms. The first-order chi connectivity index (χ1) is 13.5. The number of hydrogen-bond acceptors (Lipinski definition) is 5. The molecular formula is C20H23BrN2O4S. The fraction of sp³-hybridized carbons (Fsp3) is 0.400. The quantitative estimate of drug-likeness (QED) is 0.676. The molecule has 0 spiro atoms. The smallest absolute Gasteiger partial charge is 0.261 e. The molecule has 0 fully saturated rings. The minimum absolute atomic E-state index is 0.0148. The number of nitrogens with zero attached hydrogens (tertiary/aromatic N) is 1. The number of benzene rings is 1. The molecule has 2 aromatic rings. The fourth-order valence-corrected chi connectivity index (χ4v) is 4.41. The van der Waals surface area contributed by atoms with Gasteiger partial charge in [-0.15, -0.1) is 11.3 Å². The van der Waals surface area contributed by atoms with Gasteiger partial charge in [0.2, 0.25) is 5.91 Å². The summed E-state index contributed by atoms with van der Waals surface area (Å²) in [6, 6.07) is 7.53.